The van der Waals surface area contributed by atoms with Crippen LogP contribution in [0, 0.1) is 10.1 Å². The highest BCUT2D eigenvalue weighted by Crippen LogP contribution is 2.22. The fraction of sp³-hybridized carbons (Fsp3) is 0.444. The largest absolute Gasteiger partial charge is 0.359 e. The fourth-order valence-electron chi connectivity index (χ4n) is 1.11. The van der Waals surface area contributed by atoms with Gasteiger partial charge in [0, 0.05) is 19.3 Å². The second kappa shape index (κ2) is 5.91. The lowest BCUT2D eigenvalue weighted by Gasteiger charge is -2.17. The van der Waals surface area contributed by atoms with E-state index in [4.69, 9.17) is 11.6 Å². The summed E-state index contributed by atoms with van der Waals surface area (Å²) in [7, 11) is 1.83. The molecule has 0 radical (unpaired) electrons. The number of anilines is 1. The SMILES string of the molecule is CSCCN(C)c1cc([N+](=O)[O-])cc(Cl)n1. The first-order valence-electron chi connectivity index (χ1n) is 4.56. The van der Waals surface area contributed by atoms with E-state index < -0.39 is 4.92 Å². The first-order valence-corrected chi connectivity index (χ1v) is 6.34. The summed E-state index contributed by atoms with van der Waals surface area (Å²) in [5.41, 5.74) is -0.0361. The van der Waals surface area contributed by atoms with Crippen molar-refractivity contribution in [1.82, 2.24) is 4.98 Å². The highest BCUT2D eigenvalue weighted by atomic mass is 35.5. The molecule has 0 atom stereocenters. The van der Waals surface area contributed by atoms with Crippen molar-refractivity contribution >= 4 is 34.9 Å². The fourth-order valence-corrected chi connectivity index (χ4v) is 1.77. The van der Waals surface area contributed by atoms with E-state index in [-0.39, 0.29) is 10.8 Å². The Kier molecular flexibility index (Phi) is 4.82. The van der Waals surface area contributed by atoms with Crippen molar-refractivity contribution in [3.05, 3.63) is 27.4 Å². The summed E-state index contributed by atoms with van der Waals surface area (Å²) in [6.45, 7) is 0.770. The summed E-state index contributed by atoms with van der Waals surface area (Å²) in [5.74, 6) is 1.45. The molecule has 0 aromatic carbocycles. The van der Waals surface area contributed by atoms with Gasteiger partial charge in [-0.05, 0) is 6.26 Å². The number of thioether (sulfide) groups is 1. The number of nitro groups is 1. The molecule has 0 spiro atoms. The molecule has 1 heterocycles. The van der Waals surface area contributed by atoms with E-state index in [0.29, 0.717) is 5.82 Å². The Morgan fingerprint density at radius 3 is 2.88 bits per heavy atom. The molecule has 0 aliphatic rings. The molecule has 0 amide bonds. The topological polar surface area (TPSA) is 59.3 Å². The van der Waals surface area contributed by atoms with Crippen molar-refractivity contribution in [3.8, 4) is 0 Å². The zero-order valence-electron chi connectivity index (χ0n) is 9.01. The molecule has 0 fully saturated rings. The van der Waals surface area contributed by atoms with E-state index in [2.05, 4.69) is 4.98 Å². The van der Waals surface area contributed by atoms with Crippen molar-refractivity contribution in [3.63, 3.8) is 0 Å². The smallest absolute Gasteiger partial charge is 0.276 e. The van der Waals surface area contributed by atoms with Gasteiger partial charge in [0.2, 0.25) is 0 Å². The molecule has 1 aromatic rings. The Bertz CT molecular complexity index is 389. The average molecular weight is 262 g/mol. The lowest BCUT2D eigenvalue weighted by molar-refractivity contribution is -0.384. The van der Waals surface area contributed by atoms with Crippen LogP contribution in [0.5, 0.6) is 0 Å². The predicted molar refractivity (Wildman–Crippen MR) is 67.6 cm³/mol. The zero-order chi connectivity index (χ0) is 12.1. The summed E-state index contributed by atoms with van der Waals surface area (Å²) in [4.78, 5) is 16.1. The van der Waals surface area contributed by atoms with Gasteiger partial charge in [0.1, 0.15) is 11.0 Å². The standard InChI is InChI=1S/C9H12ClN3O2S/c1-12(3-4-16-2)9-6-7(13(14)15)5-8(10)11-9/h5-6H,3-4H2,1-2H3. The van der Waals surface area contributed by atoms with E-state index >= 15 is 0 Å². The van der Waals surface area contributed by atoms with Crippen molar-refractivity contribution in [2.45, 2.75) is 0 Å². The molecule has 0 aliphatic heterocycles. The maximum absolute atomic E-state index is 10.6. The van der Waals surface area contributed by atoms with E-state index in [9.17, 15) is 10.1 Å². The van der Waals surface area contributed by atoms with Gasteiger partial charge in [0.05, 0.1) is 17.1 Å². The maximum Gasteiger partial charge on any atom is 0.276 e. The molecular formula is C9H12ClN3O2S. The molecule has 88 valence electrons. The van der Waals surface area contributed by atoms with Crippen molar-refractivity contribution < 1.29 is 4.92 Å². The molecule has 7 heteroatoms. The minimum Gasteiger partial charge on any atom is -0.359 e. The second-order valence-corrected chi connectivity index (χ2v) is 4.55. The van der Waals surface area contributed by atoms with Crippen LogP contribution in [-0.2, 0) is 0 Å². The molecule has 1 aromatic heterocycles. The molecule has 16 heavy (non-hydrogen) atoms. The first-order chi connectivity index (χ1) is 7.54. The maximum atomic E-state index is 10.6. The summed E-state index contributed by atoms with van der Waals surface area (Å²) in [6.07, 6.45) is 2.00. The van der Waals surface area contributed by atoms with Gasteiger partial charge in [-0.1, -0.05) is 11.6 Å². The Morgan fingerprint density at radius 1 is 1.62 bits per heavy atom. The van der Waals surface area contributed by atoms with Crippen molar-refractivity contribution in [1.29, 1.82) is 0 Å². The Morgan fingerprint density at radius 2 is 2.31 bits per heavy atom. The van der Waals surface area contributed by atoms with E-state index in [1.807, 2.05) is 18.2 Å². The van der Waals surface area contributed by atoms with E-state index in [1.54, 1.807) is 11.8 Å². The zero-order valence-corrected chi connectivity index (χ0v) is 10.6. The van der Waals surface area contributed by atoms with Crippen LogP contribution in [-0.4, -0.2) is 35.5 Å². The summed E-state index contributed by atoms with van der Waals surface area (Å²) < 4.78 is 0. The summed E-state index contributed by atoms with van der Waals surface area (Å²) in [6, 6.07) is 2.67. The molecule has 5 nitrogen and oxygen atoms in total. The normalized spacial score (nSPS) is 10.2. The average Bonchev–Trinajstić information content (AvgIpc) is 2.24. The number of nitrogens with zero attached hydrogens (tertiary/aromatic N) is 3. The highest BCUT2D eigenvalue weighted by molar-refractivity contribution is 7.98. The Hall–Kier alpha value is -1.01. The summed E-state index contributed by atoms with van der Waals surface area (Å²) >= 11 is 7.43. The Balaban J connectivity index is 2.91. The monoisotopic (exact) mass is 261 g/mol. The van der Waals surface area contributed by atoms with Crippen LogP contribution in [0.2, 0.25) is 5.15 Å². The van der Waals surface area contributed by atoms with Gasteiger partial charge in [0.15, 0.2) is 0 Å². The third-order valence-corrected chi connectivity index (χ3v) is 2.78. The van der Waals surface area contributed by atoms with Crippen molar-refractivity contribution in [2.75, 3.05) is 30.5 Å². The van der Waals surface area contributed by atoms with Gasteiger partial charge in [-0.2, -0.15) is 11.8 Å². The molecule has 0 aliphatic carbocycles. The first kappa shape index (κ1) is 13.1. The van der Waals surface area contributed by atoms with Crippen LogP contribution in [0.1, 0.15) is 0 Å². The molecule has 0 saturated carbocycles. The lowest BCUT2D eigenvalue weighted by Crippen LogP contribution is -2.21. The number of pyridine rings is 1. The minimum absolute atomic E-state index is 0.0361. The molecule has 0 unspecified atom stereocenters. The van der Waals surface area contributed by atoms with Gasteiger partial charge in [-0.15, -0.1) is 0 Å². The minimum atomic E-state index is -0.473. The van der Waals surface area contributed by atoms with Crippen LogP contribution < -0.4 is 4.90 Å². The van der Waals surface area contributed by atoms with Crippen LogP contribution in [0.4, 0.5) is 11.5 Å². The highest BCUT2D eigenvalue weighted by Gasteiger charge is 2.12. The quantitative estimate of drug-likeness (QED) is 0.463. The van der Waals surface area contributed by atoms with Crippen LogP contribution in [0.3, 0.4) is 0 Å². The second-order valence-electron chi connectivity index (χ2n) is 3.18. The molecule has 0 saturated heterocycles. The number of rotatable bonds is 5. The third kappa shape index (κ3) is 3.53. The third-order valence-electron chi connectivity index (χ3n) is 2.00. The number of halogens is 1. The lowest BCUT2D eigenvalue weighted by atomic mass is 10.4. The van der Waals surface area contributed by atoms with Crippen molar-refractivity contribution in [2.24, 2.45) is 0 Å². The number of aromatic nitrogens is 1. The predicted octanol–water partition coefficient (Wildman–Crippen LogP) is 2.44. The number of hydrogen-bond acceptors (Lipinski definition) is 5. The van der Waals surface area contributed by atoms with Crippen LogP contribution in [0.25, 0.3) is 0 Å². The molecule has 1 rings (SSSR count). The Labute approximate surface area is 103 Å². The van der Waals surface area contributed by atoms with Crippen LogP contribution in [0.15, 0.2) is 12.1 Å². The van der Waals surface area contributed by atoms with E-state index in [1.165, 1.54) is 12.1 Å². The van der Waals surface area contributed by atoms with Gasteiger partial charge < -0.3 is 4.90 Å². The van der Waals surface area contributed by atoms with Gasteiger partial charge in [-0.25, -0.2) is 4.98 Å². The molecule has 0 bridgehead atoms. The van der Waals surface area contributed by atoms with Gasteiger partial charge in [-0.3, -0.25) is 10.1 Å². The van der Waals surface area contributed by atoms with Gasteiger partial charge in [0.25, 0.3) is 5.69 Å². The molecule has 0 N–H and O–H groups in total. The van der Waals surface area contributed by atoms with Crippen LogP contribution >= 0.6 is 23.4 Å². The summed E-state index contributed by atoms with van der Waals surface area (Å²) in [5, 5.41) is 10.8. The molecular weight excluding hydrogens is 250 g/mol. The number of hydrogen-bond donors (Lipinski definition) is 0. The van der Waals surface area contributed by atoms with E-state index in [0.717, 1.165) is 12.3 Å². The van der Waals surface area contributed by atoms with Gasteiger partial charge >= 0.3 is 0 Å².